The Morgan fingerprint density at radius 2 is 0.787 bits per heavy atom. The SMILES string of the molecule is CC/C=C\C/C=C\C/C=C\C/C=C\C/C=C\CCCC(=O)OCC.CC/C=C\C/C=C\C/C=C\C/C=C\C/C=C\CCCCO.[AlH3].[H-].[Li+]. The number of aliphatic hydroxyl groups excluding tert-OH is 1. The van der Waals surface area contributed by atoms with Gasteiger partial charge in [-0.15, -0.1) is 0 Å². The molecule has 0 aromatic heterocycles. The summed E-state index contributed by atoms with van der Waals surface area (Å²) in [5, 5.41) is 8.64. The quantitative estimate of drug-likeness (QED) is 0.0419. The Labute approximate surface area is 315 Å². The summed E-state index contributed by atoms with van der Waals surface area (Å²) in [6.45, 7) is 6.93. The van der Waals surface area contributed by atoms with Crippen molar-refractivity contribution in [3.8, 4) is 0 Å². The predicted molar refractivity (Wildman–Crippen MR) is 211 cm³/mol. The topological polar surface area (TPSA) is 46.5 Å². The zero-order chi connectivity index (χ0) is 33.2. The summed E-state index contributed by atoms with van der Waals surface area (Å²) in [5.74, 6) is -0.0927. The zero-order valence-electron chi connectivity index (χ0n) is 31.0. The van der Waals surface area contributed by atoms with E-state index in [1.54, 1.807) is 0 Å². The number of hydrogen-bond donors (Lipinski definition) is 1. The molecule has 0 saturated carbocycles. The van der Waals surface area contributed by atoms with Crippen molar-refractivity contribution in [2.75, 3.05) is 13.2 Å². The number of carbonyl (C=O) groups excluding carboxylic acids is 1. The molecule has 0 unspecified atom stereocenters. The second-order valence-corrected chi connectivity index (χ2v) is 10.3. The van der Waals surface area contributed by atoms with E-state index in [1.165, 1.54) is 0 Å². The average Bonchev–Trinajstić information content (AvgIpc) is 3.04. The molecule has 1 N–H and O–H groups in total. The maximum atomic E-state index is 11.1. The van der Waals surface area contributed by atoms with Gasteiger partial charge < -0.3 is 11.3 Å². The minimum Gasteiger partial charge on any atom is -1.00 e. The van der Waals surface area contributed by atoms with Crippen molar-refractivity contribution in [2.24, 2.45) is 0 Å². The summed E-state index contributed by atoms with van der Waals surface area (Å²) in [7, 11) is 0. The van der Waals surface area contributed by atoms with E-state index in [2.05, 4.69) is 135 Å². The third-order valence-corrected chi connectivity index (χ3v) is 6.15. The van der Waals surface area contributed by atoms with Gasteiger partial charge in [0.05, 0.1) is 6.61 Å². The Kier molecular flexibility index (Phi) is 56.0. The van der Waals surface area contributed by atoms with E-state index in [9.17, 15) is 4.79 Å². The van der Waals surface area contributed by atoms with Crippen LogP contribution in [0.2, 0.25) is 0 Å². The number of ether oxygens (including phenoxy) is 1. The summed E-state index contributed by atoms with van der Waals surface area (Å²) in [4.78, 5) is 11.1. The Bertz CT molecular complexity index is 927. The van der Waals surface area contributed by atoms with Crippen LogP contribution in [-0.2, 0) is 9.53 Å². The van der Waals surface area contributed by atoms with Gasteiger partial charge >= 0.3 is 24.8 Å². The molecule has 0 radical (unpaired) electrons. The number of unbranched alkanes of at least 4 members (excludes halogenated alkanes) is 3. The van der Waals surface area contributed by atoms with Gasteiger partial charge in [-0.05, 0) is 103 Å². The molecule has 47 heavy (non-hydrogen) atoms. The van der Waals surface area contributed by atoms with Crippen molar-refractivity contribution in [3.63, 3.8) is 0 Å². The fourth-order valence-electron chi connectivity index (χ4n) is 3.71. The maximum absolute atomic E-state index is 11.1. The monoisotopic (exact) mass is 657 g/mol. The summed E-state index contributed by atoms with van der Waals surface area (Å²) in [6.07, 6.45) is 59.7. The van der Waals surface area contributed by atoms with E-state index in [4.69, 9.17) is 9.84 Å². The largest absolute Gasteiger partial charge is 1.00 e. The molecule has 0 bridgehead atoms. The Balaban J connectivity index is -0.000000244. The van der Waals surface area contributed by atoms with Gasteiger partial charge in [0.2, 0.25) is 0 Å². The predicted octanol–water partition coefficient (Wildman–Crippen LogP) is 8.30. The second kappa shape index (κ2) is 50.8. The molecule has 0 amide bonds. The van der Waals surface area contributed by atoms with Crippen molar-refractivity contribution in [3.05, 3.63) is 122 Å². The van der Waals surface area contributed by atoms with Gasteiger partial charge in [0.15, 0.2) is 17.4 Å². The minimum atomic E-state index is -0.0927. The fourth-order valence-corrected chi connectivity index (χ4v) is 3.71. The number of hydrogen-bond acceptors (Lipinski definition) is 3. The van der Waals surface area contributed by atoms with Gasteiger partial charge in [0, 0.05) is 13.0 Å². The molecule has 260 valence electrons. The first-order valence-electron chi connectivity index (χ1n) is 17.5. The molecule has 0 aliphatic heterocycles. The van der Waals surface area contributed by atoms with Crippen molar-refractivity contribution >= 4 is 23.3 Å². The van der Waals surface area contributed by atoms with Gasteiger partial charge in [-0.25, -0.2) is 0 Å². The standard InChI is InChI=1S/C22H34O2.C20H32O.Al.Li.4H/c1-3-5-6-7-8-9-10-11-12-13-14-15-16-17-18-19-20-21-22(23)24-4-2;1-2-3-4-5-6-7-8-9-10-11-12-13-14-15-16-17-18-19-20-21;;;;;;/h5-6,8-9,11-12,14-15,17-18H,3-4,7,10,13,16,19-21H2,1-2H3;3-4,6-7,9-10,12-13,15-16,21H,2,5,8,11,14,17-20H2,1H3;;;;;;/q;;;+1;;;;-1/b6-5-,9-8-,12-11-,15-14-,18-17-;4-3-,7-6-,10-9-,13-12-,16-15-;;;;;;. The first-order chi connectivity index (χ1) is 22.2. The molecule has 0 aliphatic rings. The fraction of sp³-hybridized carbons (Fsp3) is 0.500. The van der Waals surface area contributed by atoms with Crippen LogP contribution in [-0.4, -0.2) is 41.7 Å². The molecule has 3 nitrogen and oxygen atoms in total. The molecule has 0 rings (SSSR count). The van der Waals surface area contributed by atoms with Crippen LogP contribution in [0.3, 0.4) is 0 Å². The summed E-state index contributed by atoms with van der Waals surface area (Å²) in [5.41, 5.74) is 0. The first-order valence-corrected chi connectivity index (χ1v) is 17.5. The Morgan fingerprint density at radius 1 is 0.489 bits per heavy atom. The van der Waals surface area contributed by atoms with E-state index >= 15 is 0 Å². The zero-order valence-corrected chi connectivity index (χ0v) is 30.0. The van der Waals surface area contributed by atoms with Crippen LogP contribution < -0.4 is 18.9 Å². The third-order valence-electron chi connectivity index (χ3n) is 6.15. The van der Waals surface area contributed by atoms with Crippen LogP contribution in [0.15, 0.2) is 122 Å². The van der Waals surface area contributed by atoms with Crippen LogP contribution >= 0.6 is 0 Å². The maximum Gasteiger partial charge on any atom is 1.00 e. The summed E-state index contributed by atoms with van der Waals surface area (Å²) >= 11 is 0. The van der Waals surface area contributed by atoms with Crippen LogP contribution in [0.1, 0.15) is 125 Å². The molecule has 0 atom stereocenters. The minimum absolute atomic E-state index is 0. The molecule has 0 aliphatic carbocycles. The smallest absolute Gasteiger partial charge is 1.00 e. The molecule has 0 aromatic carbocycles. The normalized spacial score (nSPS) is 12.3. The molecule has 0 heterocycles. The van der Waals surface area contributed by atoms with E-state index in [-0.39, 0.29) is 43.6 Å². The van der Waals surface area contributed by atoms with Crippen LogP contribution in [0.25, 0.3) is 0 Å². The molecular weight excluding hydrogens is 586 g/mol. The molecule has 0 saturated heterocycles. The van der Waals surface area contributed by atoms with E-state index in [0.717, 1.165) is 96.3 Å². The third kappa shape index (κ3) is 53.7. The van der Waals surface area contributed by atoms with Gasteiger partial charge in [-0.1, -0.05) is 135 Å². The molecule has 0 spiro atoms. The van der Waals surface area contributed by atoms with Crippen molar-refractivity contribution in [1.29, 1.82) is 0 Å². The number of allylic oxidation sites excluding steroid dienone is 20. The number of rotatable bonds is 27. The molecule has 0 fully saturated rings. The number of carbonyl (C=O) groups is 1. The van der Waals surface area contributed by atoms with E-state index < -0.39 is 0 Å². The van der Waals surface area contributed by atoms with Gasteiger partial charge in [-0.3, -0.25) is 4.79 Å². The van der Waals surface area contributed by atoms with Crippen molar-refractivity contribution in [2.45, 2.75) is 124 Å². The number of esters is 1. The van der Waals surface area contributed by atoms with E-state index in [1.807, 2.05) is 6.92 Å². The molecular formula is C42H70AlLiO3. The van der Waals surface area contributed by atoms with Crippen molar-refractivity contribution < 1.29 is 34.9 Å². The second-order valence-electron chi connectivity index (χ2n) is 10.3. The summed E-state index contributed by atoms with van der Waals surface area (Å²) < 4.78 is 4.88. The van der Waals surface area contributed by atoms with E-state index in [0.29, 0.717) is 19.6 Å². The van der Waals surface area contributed by atoms with Crippen molar-refractivity contribution in [1.82, 2.24) is 0 Å². The van der Waals surface area contributed by atoms with Crippen LogP contribution in [0.4, 0.5) is 0 Å². The van der Waals surface area contributed by atoms with Gasteiger partial charge in [0.25, 0.3) is 0 Å². The van der Waals surface area contributed by atoms with Crippen LogP contribution in [0.5, 0.6) is 0 Å². The molecule has 5 heteroatoms. The number of aliphatic hydroxyl groups is 1. The van der Waals surface area contributed by atoms with Crippen LogP contribution in [0, 0.1) is 0 Å². The Morgan fingerprint density at radius 3 is 1.09 bits per heavy atom. The average molecular weight is 657 g/mol. The molecule has 0 aromatic rings. The van der Waals surface area contributed by atoms with Gasteiger partial charge in [-0.2, -0.15) is 0 Å². The summed E-state index contributed by atoms with van der Waals surface area (Å²) in [6, 6.07) is 0. The Hall–Kier alpha value is -2.04. The van der Waals surface area contributed by atoms with Gasteiger partial charge in [0.1, 0.15) is 0 Å². The first kappa shape index (κ1) is 51.8.